The van der Waals surface area contributed by atoms with Gasteiger partial charge in [0.05, 0.1) is 16.1 Å². The molecule has 2 nitrogen and oxygen atoms in total. The highest BCUT2D eigenvalue weighted by atomic mass is 35.5. The van der Waals surface area contributed by atoms with E-state index >= 15 is 0 Å². The Bertz CT molecular complexity index is 367. The first-order valence-electron chi connectivity index (χ1n) is 5.25. The van der Waals surface area contributed by atoms with Crippen molar-refractivity contribution in [3.05, 3.63) is 33.8 Å². The Balaban J connectivity index is 2.28. The molecule has 1 fully saturated rings. The van der Waals surface area contributed by atoms with Crippen LogP contribution < -0.4 is 11.3 Å². The molecule has 0 aliphatic carbocycles. The lowest BCUT2D eigenvalue weighted by atomic mass is 10.0. The van der Waals surface area contributed by atoms with Gasteiger partial charge in [0.25, 0.3) is 0 Å². The van der Waals surface area contributed by atoms with Gasteiger partial charge in [-0.2, -0.15) is 11.8 Å². The lowest BCUT2D eigenvalue weighted by Gasteiger charge is -2.23. The van der Waals surface area contributed by atoms with Crippen molar-refractivity contribution in [1.29, 1.82) is 0 Å². The summed E-state index contributed by atoms with van der Waals surface area (Å²) in [6.45, 7) is 0. The lowest BCUT2D eigenvalue weighted by Crippen LogP contribution is -2.34. The molecule has 0 radical (unpaired) electrons. The van der Waals surface area contributed by atoms with Gasteiger partial charge in [-0.05, 0) is 30.2 Å². The van der Waals surface area contributed by atoms with E-state index in [2.05, 4.69) is 5.43 Å². The van der Waals surface area contributed by atoms with Gasteiger partial charge in [-0.3, -0.25) is 11.3 Å². The summed E-state index contributed by atoms with van der Waals surface area (Å²) >= 11 is 14.2. The Morgan fingerprint density at radius 3 is 2.88 bits per heavy atom. The fourth-order valence-electron chi connectivity index (χ4n) is 2.02. The summed E-state index contributed by atoms with van der Waals surface area (Å²) in [5.41, 5.74) is 3.86. The van der Waals surface area contributed by atoms with Crippen molar-refractivity contribution in [2.45, 2.75) is 24.1 Å². The van der Waals surface area contributed by atoms with Crippen molar-refractivity contribution in [3.63, 3.8) is 0 Å². The van der Waals surface area contributed by atoms with Gasteiger partial charge < -0.3 is 0 Å². The van der Waals surface area contributed by atoms with Gasteiger partial charge >= 0.3 is 0 Å². The van der Waals surface area contributed by atoms with Crippen molar-refractivity contribution in [2.75, 3.05) is 5.75 Å². The number of thioether (sulfide) groups is 1. The molecule has 0 spiro atoms. The molecule has 0 saturated carbocycles. The number of benzene rings is 1. The van der Waals surface area contributed by atoms with E-state index < -0.39 is 0 Å². The average molecular weight is 277 g/mol. The number of halogens is 2. The van der Waals surface area contributed by atoms with Crippen molar-refractivity contribution in [2.24, 2.45) is 5.84 Å². The molecule has 88 valence electrons. The van der Waals surface area contributed by atoms with Crippen LogP contribution in [0.15, 0.2) is 18.2 Å². The van der Waals surface area contributed by atoms with Gasteiger partial charge in [0.15, 0.2) is 0 Å². The van der Waals surface area contributed by atoms with Gasteiger partial charge in [-0.25, -0.2) is 0 Å². The van der Waals surface area contributed by atoms with Crippen molar-refractivity contribution >= 4 is 35.0 Å². The Hall–Kier alpha value is 0.0700. The topological polar surface area (TPSA) is 38.0 Å². The monoisotopic (exact) mass is 276 g/mol. The standard InChI is InChI=1S/C11H14Cl2N2S/c12-8-4-1-3-7(10(8)13)11(15-14)9-5-2-6-16-9/h1,3-4,9,11,15H,2,5-6,14H2. The molecule has 0 amide bonds. The maximum absolute atomic E-state index is 6.21. The van der Waals surface area contributed by atoms with E-state index in [4.69, 9.17) is 29.0 Å². The van der Waals surface area contributed by atoms with Crippen LogP contribution in [0.2, 0.25) is 10.0 Å². The van der Waals surface area contributed by atoms with E-state index in [0.29, 0.717) is 15.3 Å². The fourth-order valence-corrected chi connectivity index (χ4v) is 3.84. The summed E-state index contributed by atoms with van der Waals surface area (Å²) in [4.78, 5) is 0. The second-order valence-electron chi connectivity index (χ2n) is 3.84. The molecular weight excluding hydrogens is 263 g/mol. The Kier molecular flexibility index (Phi) is 4.39. The summed E-state index contributed by atoms with van der Waals surface area (Å²) in [6, 6.07) is 5.77. The molecule has 3 N–H and O–H groups in total. The third-order valence-electron chi connectivity index (χ3n) is 2.83. The van der Waals surface area contributed by atoms with Gasteiger partial charge in [-0.15, -0.1) is 0 Å². The second-order valence-corrected chi connectivity index (χ2v) is 5.97. The van der Waals surface area contributed by atoms with E-state index in [1.165, 1.54) is 18.6 Å². The van der Waals surface area contributed by atoms with Gasteiger partial charge in [-0.1, -0.05) is 35.3 Å². The summed E-state index contributed by atoms with van der Waals surface area (Å²) in [5, 5.41) is 1.68. The zero-order valence-corrected chi connectivity index (χ0v) is 11.1. The molecule has 1 aromatic carbocycles. The molecule has 1 heterocycles. The molecular formula is C11H14Cl2N2S. The van der Waals surface area contributed by atoms with Crippen LogP contribution in [0.25, 0.3) is 0 Å². The highest BCUT2D eigenvalue weighted by molar-refractivity contribution is 8.00. The zero-order valence-electron chi connectivity index (χ0n) is 8.75. The molecule has 5 heteroatoms. The van der Waals surface area contributed by atoms with Crippen LogP contribution in [0.3, 0.4) is 0 Å². The molecule has 2 unspecified atom stereocenters. The highest BCUT2D eigenvalue weighted by Gasteiger charge is 2.27. The first-order valence-corrected chi connectivity index (χ1v) is 7.06. The minimum Gasteiger partial charge on any atom is -0.271 e. The van der Waals surface area contributed by atoms with E-state index in [-0.39, 0.29) is 6.04 Å². The van der Waals surface area contributed by atoms with Crippen LogP contribution in [-0.4, -0.2) is 11.0 Å². The quantitative estimate of drug-likeness (QED) is 0.657. The summed E-state index contributed by atoms with van der Waals surface area (Å²) < 4.78 is 0. The number of hydrogen-bond acceptors (Lipinski definition) is 3. The molecule has 2 rings (SSSR count). The Labute approximate surface area is 110 Å². The van der Waals surface area contributed by atoms with Gasteiger partial charge in [0.1, 0.15) is 0 Å². The number of nitrogens with one attached hydrogen (secondary N) is 1. The normalized spacial score (nSPS) is 22.3. The van der Waals surface area contributed by atoms with Crippen molar-refractivity contribution in [1.82, 2.24) is 5.43 Å². The molecule has 2 atom stereocenters. The van der Waals surface area contributed by atoms with Crippen LogP contribution in [0.1, 0.15) is 24.4 Å². The van der Waals surface area contributed by atoms with E-state index in [1.807, 2.05) is 23.9 Å². The van der Waals surface area contributed by atoms with Gasteiger partial charge in [0, 0.05) is 5.25 Å². The minimum atomic E-state index is 0.0821. The smallest absolute Gasteiger partial charge is 0.0641 e. The van der Waals surface area contributed by atoms with Crippen molar-refractivity contribution < 1.29 is 0 Å². The van der Waals surface area contributed by atoms with Crippen LogP contribution in [-0.2, 0) is 0 Å². The summed E-state index contributed by atoms with van der Waals surface area (Å²) in [6.07, 6.45) is 2.41. The first-order chi connectivity index (χ1) is 7.74. The third kappa shape index (κ3) is 2.49. The third-order valence-corrected chi connectivity index (χ3v) is 5.13. The van der Waals surface area contributed by atoms with Crippen LogP contribution in [0, 0.1) is 0 Å². The minimum absolute atomic E-state index is 0.0821. The van der Waals surface area contributed by atoms with Crippen LogP contribution in [0.5, 0.6) is 0 Å². The number of rotatable bonds is 3. The molecule has 1 aromatic rings. The van der Waals surface area contributed by atoms with Crippen LogP contribution in [0.4, 0.5) is 0 Å². The number of hydrazine groups is 1. The predicted octanol–water partition coefficient (Wildman–Crippen LogP) is 3.39. The number of nitrogens with two attached hydrogens (primary N) is 1. The van der Waals surface area contributed by atoms with Gasteiger partial charge in [0.2, 0.25) is 0 Å². The highest BCUT2D eigenvalue weighted by Crippen LogP contribution is 2.39. The molecule has 1 aliphatic heterocycles. The van der Waals surface area contributed by atoms with E-state index in [0.717, 1.165) is 5.56 Å². The lowest BCUT2D eigenvalue weighted by molar-refractivity contribution is 0.520. The molecule has 1 saturated heterocycles. The van der Waals surface area contributed by atoms with Crippen LogP contribution >= 0.6 is 35.0 Å². The molecule has 1 aliphatic rings. The first kappa shape index (κ1) is 12.5. The fraction of sp³-hybridized carbons (Fsp3) is 0.455. The number of hydrogen-bond donors (Lipinski definition) is 2. The summed E-state index contributed by atoms with van der Waals surface area (Å²) in [7, 11) is 0. The van der Waals surface area contributed by atoms with E-state index in [9.17, 15) is 0 Å². The SMILES string of the molecule is NNC(c1cccc(Cl)c1Cl)C1CCCS1. The molecule has 16 heavy (non-hydrogen) atoms. The largest absolute Gasteiger partial charge is 0.271 e. The maximum atomic E-state index is 6.21. The second kappa shape index (κ2) is 5.61. The maximum Gasteiger partial charge on any atom is 0.0641 e. The predicted molar refractivity (Wildman–Crippen MR) is 72.0 cm³/mol. The molecule has 0 aromatic heterocycles. The summed E-state index contributed by atoms with van der Waals surface area (Å²) in [5.74, 6) is 6.83. The van der Waals surface area contributed by atoms with E-state index in [1.54, 1.807) is 6.07 Å². The molecule has 0 bridgehead atoms. The average Bonchev–Trinajstić information content (AvgIpc) is 2.79. The Morgan fingerprint density at radius 1 is 1.44 bits per heavy atom. The Morgan fingerprint density at radius 2 is 2.25 bits per heavy atom. The zero-order chi connectivity index (χ0) is 11.5. The van der Waals surface area contributed by atoms with Crippen molar-refractivity contribution in [3.8, 4) is 0 Å².